The first-order valence-corrected chi connectivity index (χ1v) is 12.0. The van der Waals surface area contributed by atoms with Crippen LogP contribution in [0.25, 0.3) is 10.9 Å². The molecular formula is C29H29N3O4. The summed E-state index contributed by atoms with van der Waals surface area (Å²) in [4.78, 5) is 26.7. The van der Waals surface area contributed by atoms with E-state index in [0.29, 0.717) is 42.3 Å². The SMILES string of the molecule is Cc1ccc(NCc2cc3cc4c(cc3n(CC(=O)Nc3cc(C)ccc3C)c2=O)OCCO4)cc1. The Bertz CT molecular complexity index is 1510. The van der Waals surface area contributed by atoms with Gasteiger partial charge in [-0.05, 0) is 62.2 Å². The highest BCUT2D eigenvalue weighted by Gasteiger charge is 2.18. The highest BCUT2D eigenvalue weighted by atomic mass is 16.6. The summed E-state index contributed by atoms with van der Waals surface area (Å²) in [7, 11) is 0. The number of nitrogens with zero attached hydrogens (tertiary/aromatic N) is 1. The van der Waals surface area contributed by atoms with Gasteiger partial charge in [0.15, 0.2) is 11.5 Å². The number of rotatable bonds is 6. The van der Waals surface area contributed by atoms with Crippen LogP contribution in [0.1, 0.15) is 22.3 Å². The fraction of sp³-hybridized carbons (Fsp3) is 0.241. The number of anilines is 2. The summed E-state index contributed by atoms with van der Waals surface area (Å²) >= 11 is 0. The number of carbonyl (C=O) groups is 1. The average Bonchev–Trinajstić information content (AvgIpc) is 2.87. The van der Waals surface area contributed by atoms with Crippen molar-refractivity contribution < 1.29 is 14.3 Å². The van der Waals surface area contributed by atoms with Crippen LogP contribution in [-0.2, 0) is 17.9 Å². The van der Waals surface area contributed by atoms with E-state index in [1.807, 2.05) is 75.4 Å². The van der Waals surface area contributed by atoms with Gasteiger partial charge in [-0.2, -0.15) is 0 Å². The molecule has 1 aromatic heterocycles. The minimum atomic E-state index is -0.273. The smallest absolute Gasteiger partial charge is 0.256 e. The Labute approximate surface area is 209 Å². The maximum absolute atomic E-state index is 13.6. The molecule has 184 valence electrons. The molecule has 4 aromatic rings. The van der Waals surface area contributed by atoms with E-state index >= 15 is 0 Å². The zero-order chi connectivity index (χ0) is 25.2. The zero-order valence-electron chi connectivity index (χ0n) is 20.7. The fourth-order valence-corrected chi connectivity index (χ4v) is 4.33. The third-order valence-electron chi connectivity index (χ3n) is 6.34. The molecule has 5 rings (SSSR count). The summed E-state index contributed by atoms with van der Waals surface area (Å²) in [5, 5.41) is 7.09. The van der Waals surface area contributed by atoms with E-state index < -0.39 is 0 Å². The Morgan fingerprint density at radius 1 is 0.889 bits per heavy atom. The summed E-state index contributed by atoms with van der Waals surface area (Å²) in [6.07, 6.45) is 0. The van der Waals surface area contributed by atoms with E-state index in [9.17, 15) is 9.59 Å². The van der Waals surface area contributed by atoms with Crippen molar-refractivity contribution in [2.24, 2.45) is 0 Å². The van der Waals surface area contributed by atoms with Crippen molar-refractivity contribution in [2.45, 2.75) is 33.9 Å². The van der Waals surface area contributed by atoms with Gasteiger partial charge >= 0.3 is 0 Å². The number of aryl methyl sites for hydroxylation is 3. The summed E-state index contributed by atoms with van der Waals surface area (Å²) in [5.74, 6) is 0.934. The van der Waals surface area contributed by atoms with E-state index in [0.717, 1.165) is 33.5 Å². The van der Waals surface area contributed by atoms with Crippen molar-refractivity contribution in [1.82, 2.24) is 4.57 Å². The zero-order valence-corrected chi connectivity index (χ0v) is 20.7. The number of benzene rings is 3. The number of amides is 1. The van der Waals surface area contributed by atoms with E-state index in [1.54, 1.807) is 6.07 Å². The Morgan fingerprint density at radius 3 is 2.33 bits per heavy atom. The molecule has 0 bridgehead atoms. The average molecular weight is 484 g/mol. The lowest BCUT2D eigenvalue weighted by atomic mass is 10.1. The molecule has 36 heavy (non-hydrogen) atoms. The summed E-state index contributed by atoms with van der Waals surface area (Å²) in [5.41, 5.74) is 5.78. The molecule has 7 heteroatoms. The number of nitrogens with one attached hydrogen (secondary N) is 2. The van der Waals surface area contributed by atoms with Gasteiger partial charge in [0.05, 0.1) is 5.52 Å². The monoisotopic (exact) mass is 483 g/mol. The molecule has 0 fully saturated rings. The number of fused-ring (bicyclic) bond motifs is 2. The van der Waals surface area contributed by atoms with Crippen LogP contribution in [0.3, 0.4) is 0 Å². The Kier molecular flexibility index (Phi) is 6.38. The standard InChI is InChI=1S/C29H29N3O4/c1-18-5-8-23(9-6-18)30-16-22-13-21-14-26-27(36-11-10-35-26)15-25(21)32(29(22)34)17-28(33)31-24-12-19(2)4-7-20(24)3/h4-9,12-15,30H,10-11,16-17H2,1-3H3,(H,31,33). The first-order valence-electron chi connectivity index (χ1n) is 12.0. The molecule has 1 aliphatic rings. The van der Waals surface area contributed by atoms with Crippen LogP contribution in [0.5, 0.6) is 11.5 Å². The lowest BCUT2D eigenvalue weighted by molar-refractivity contribution is -0.116. The molecule has 0 spiro atoms. The topological polar surface area (TPSA) is 81.6 Å². The fourth-order valence-electron chi connectivity index (χ4n) is 4.33. The van der Waals surface area contributed by atoms with Gasteiger partial charge in [0, 0.05) is 34.9 Å². The predicted octanol–water partition coefficient (Wildman–Crippen LogP) is 4.95. The Balaban J connectivity index is 1.51. The van der Waals surface area contributed by atoms with Crippen LogP contribution in [0.4, 0.5) is 11.4 Å². The van der Waals surface area contributed by atoms with Crippen molar-refractivity contribution in [3.63, 3.8) is 0 Å². The second-order valence-corrected chi connectivity index (χ2v) is 9.20. The molecule has 7 nitrogen and oxygen atoms in total. The van der Waals surface area contributed by atoms with Crippen molar-refractivity contribution in [1.29, 1.82) is 0 Å². The van der Waals surface area contributed by atoms with Gasteiger partial charge < -0.3 is 20.1 Å². The first-order chi connectivity index (χ1) is 17.4. The number of hydrogen-bond donors (Lipinski definition) is 2. The van der Waals surface area contributed by atoms with Gasteiger partial charge in [0.2, 0.25) is 5.91 Å². The maximum Gasteiger partial charge on any atom is 0.256 e. The molecule has 1 aliphatic heterocycles. The van der Waals surface area contributed by atoms with Crippen LogP contribution in [-0.4, -0.2) is 23.7 Å². The number of pyridine rings is 1. The summed E-state index contributed by atoms with van der Waals surface area (Å²) in [6.45, 7) is 7.06. The molecule has 0 saturated carbocycles. The van der Waals surface area contributed by atoms with Gasteiger partial charge in [-0.25, -0.2) is 0 Å². The number of carbonyl (C=O) groups excluding carboxylic acids is 1. The molecule has 1 amide bonds. The number of ether oxygens (including phenoxy) is 2. The second-order valence-electron chi connectivity index (χ2n) is 9.20. The van der Waals surface area contributed by atoms with Gasteiger partial charge in [0.25, 0.3) is 5.56 Å². The second kappa shape index (κ2) is 9.77. The third-order valence-corrected chi connectivity index (χ3v) is 6.34. The predicted molar refractivity (Wildman–Crippen MR) is 142 cm³/mol. The van der Waals surface area contributed by atoms with Gasteiger partial charge in [-0.1, -0.05) is 29.8 Å². The van der Waals surface area contributed by atoms with Crippen molar-refractivity contribution in [3.8, 4) is 11.5 Å². The molecule has 0 unspecified atom stereocenters. The summed E-state index contributed by atoms with van der Waals surface area (Å²) in [6, 6.07) is 19.4. The van der Waals surface area contributed by atoms with E-state index in [4.69, 9.17) is 9.47 Å². The third kappa shape index (κ3) is 4.91. The van der Waals surface area contributed by atoms with Crippen LogP contribution >= 0.6 is 0 Å². The molecule has 0 aliphatic carbocycles. The molecule has 0 radical (unpaired) electrons. The Hall–Kier alpha value is -4.26. The van der Waals surface area contributed by atoms with E-state index in [1.165, 1.54) is 4.57 Å². The molecule has 3 aromatic carbocycles. The largest absolute Gasteiger partial charge is 0.486 e. The maximum atomic E-state index is 13.6. The highest BCUT2D eigenvalue weighted by molar-refractivity contribution is 5.93. The van der Waals surface area contributed by atoms with Crippen LogP contribution in [0, 0.1) is 20.8 Å². The quantitative estimate of drug-likeness (QED) is 0.406. The lowest BCUT2D eigenvalue weighted by Gasteiger charge is -2.21. The highest BCUT2D eigenvalue weighted by Crippen LogP contribution is 2.34. The number of aromatic nitrogens is 1. The summed E-state index contributed by atoms with van der Waals surface area (Å²) < 4.78 is 13.0. The minimum absolute atomic E-state index is 0.124. The van der Waals surface area contributed by atoms with Crippen LogP contribution in [0.2, 0.25) is 0 Å². The van der Waals surface area contributed by atoms with Crippen LogP contribution in [0.15, 0.2) is 65.5 Å². The molecule has 0 saturated heterocycles. The van der Waals surface area contributed by atoms with E-state index in [-0.39, 0.29) is 18.0 Å². The van der Waals surface area contributed by atoms with Gasteiger partial charge in [0.1, 0.15) is 19.8 Å². The van der Waals surface area contributed by atoms with Gasteiger partial charge in [-0.15, -0.1) is 0 Å². The molecule has 2 heterocycles. The normalized spacial score (nSPS) is 12.4. The number of hydrogen-bond acceptors (Lipinski definition) is 5. The van der Waals surface area contributed by atoms with Crippen molar-refractivity contribution in [3.05, 3.63) is 93.3 Å². The van der Waals surface area contributed by atoms with E-state index in [2.05, 4.69) is 10.6 Å². The Morgan fingerprint density at radius 2 is 1.58 bits per heavy atom. The van der Waals surface area contributed by atoms with Crippen molar-refractivity contribution in [2.75, 3.05) is 23.8 Å². The van der Waals surface area contributed by atoms with Crippen LogP contribution < -0.4 is 25.7 Å². The first kappa shape index (κ1) is 23.5. The molecule has 2 N–H and O–H groups in total. The minimum Gasteiger partial charge on any atom is -0.486 e. The molecule has 0 atom stereocenters. The van der Waals surface area contributed by atoms with Gasteiger partial charge in [-0.3, -0.25) is 14.2 Å². The molecular weight excluding hydrogens is 454 g/mol. The van der Waals surface area contributed by atoms with Crippen molar-refractivity contribution >= 4 is 28.2 Å². The lowest BCUT2D eigenvalue weighted by Crippen LogP contribution is -2.31.